The quantitative estimate of drug-likeness (QED) is 0.745. The number of anilines is 1. The lowest BCUT2D eigenvalue weighted by molar-refractivity contribution is -0.127. The number of halogens is 1. The number of thioether (sulfide) groups is 1. The number of hydrogen-bond donors (Lipinski definition) is 1. The predicted octanol–water partition coefficient (Wildman–Crippen LogP) is 3.90. The van der Waals surface area contributed by atoms with Gasteiger partial charge in [0.05, 0.1) is 11.5 Å². The highest BCUT2D eigenvalue weighted by Gasteiger charge is 2.36. The molecule has 0 spiro atoms. The fourth-order valence-corrected chi connectivity index (χ4v) is 3.37. The molecular weight excluding hydrogens is 383 g/mol. The summed E-state index contributed by atoms with van der Waals surface area (Å²) in [6, 6.07) is 12.4. The third-order valence-electron chi connectivity index (χ3n) is 3.77. The molecule has 1 fully saturated rings. The zero-order valence-corrected chi connectivity index (χ0v) is 15.8. The zero-order chi connectivity index (χ0) is 20.1. The molecule has 0 atom stereocenters. The van der Waals surface area contributed by atoms with Gasteiger partial charge in [0.1, 0.15) is 18.1 Å². The number of hydrogen-bond acceptors (Lipinski definition) is 5. The Balaban J connectivity index is 1.64. The SMILES string of the molecule is CCOc1ccc(NC(=O)CN2C(=O)S/C(=C/c3cccc(F)c3)C2=O)cc1. The van der Waals surface area contributed by atoms with E-state index in [4.69, 9.17) is 4.74 Å². The number of carbonyl (C=O) groups excluding carboxylic acids is 3. The van der Waals surface area contributed by atoms with Crippen LogP contribution < -0.4 is 10.1 Å². The molecule has 1 saturated heterocycles. The average Bonchev–Trinajstić information content (AvgIpc) is 2.91. The van der Waals surface area contributed by atoms with Crippen LogP contribution in [-0.4, -0.2) is 35.1 Å². The molecule has 8 heteroatoms. The molecule has 3 amide bonds. The Labute approximate surface area is 165 Å². The summed E-state index contributed by atoms with van der Waals surface area (Å²) in [5.74, 6) is -0.851. The van der Waals surface area contributed by atoms with Crippen LogP contribution in [0.3, 0.4) is 0 Å². The van der Waals surface area contributed by atoms with E-state index in [0.29, 0.717) is 23.6 Å². The summed E-state index contributed by atoms with van der Waals surface area (Å²) in [6.07, 6.45) is 1.43. The van der Waals surface area contributed by atoms with Crippen molar-refractivity contribution in [3.8, 4) is 5.75 Å². The molecule has 2 aromatic carbocycles. The minimum atomic E-state index is -0.582. The Morgan fingerprint density at radius 2 is 1.96 bits per heavy atom. The van der Waals surface area contributed by atoms with Crippen LogP contribution in [0, 0.1) is 5.82 Å². The van der Waals surface area contributed by atoms with Crippen LogP contribution in [0.2, 0.25) is 0 Å². The van der Waals surface area contributed by atoms with Crippen LogP contribution in [0.25, 0.3) is 6.08 Å². The van der Waals surface area contributed by atoms with Gasteiger partial charge in [-0.3, -0.25) is 19.3 Å². The van der Waals surface area contributed by atoms with Crippen LogP contribution >= 0.6 is 11.8 Å². The summed E-state index contributed by atoms with van der Waals surface area (Å²) >= 11 is 0.718. The molecule has 3 rings (SSSR count). The summed E-state index contributed by atoms with van der Waals surface area (Å²) < 4.78 is 18.6. The van der Waals surface area contributed by atoms with E-state index >= 15 is 0 Å². The largest absolute Gasteiger partial charge is 0.494 e. The van der Waals surface area contributed by atoms with Crippen molar-refractivity contribution in [3.63, 3.8) is 0 Å². The minimum absolute atomic E-state index is 0.143. The normalized spacial score (nSPS) is 15.2. The van der Waals surface area contributed by atoms with Crippen LogP contribution in [-0.2, 0) is 9.59 Å². The number of rotatable bonds is 6. The monoisotopic (exact) mass is 400 g/mol. The van der Waals surface area contributed by atoms with Gasteiger partial charge in [0.25, 0.3) is 11.1 Å². The number of ether oxygens (including phenoxy) is 1. The summed E-state index contributed by atoms with van der Waals surface area (Å²) in [6.45, 7) is 2.00. The second-order valence-electron chi connectivity index (χ2n) is 5.83. The number of imide groups is 1. The van der Waals surface area contributed by atoms with Crippen molar-refractivity contribution in [2.75, 3.05) is 18.5 Å². The lowest BCUT2D eigenvalue weighted by Crippen LogP contribution is -2.36. The third kappa shape index (κ3) is 4.77. The summed E-state index contributed by atoms with van der Waals surface area (Å²) in [4.78, 5) is 37.8. The van der Waals surface area contributed by atoms with Crippen LogP contribution in [0.5, 0.6) is 5.75 Å². The molecule has 1 N–H and O–H groups in total. The first-order chi connectivity index (χ1) is 13.5. The Hall–Kier alpha value is -3.13. The van der Waals surface area contributed by atoms with Crippen molar-refractivity contribution < 1.29 is 23.5 Å². The van der Waals surface area contributed by atoms with Gasteiger partial charge in [-0.05, 0) is 66.7 Å². The molecule has 0 saturated carbocycles. The third-order valence-corrected chi connectivity index (χ3v) is 4.68. The summed E-state index contributed by atoms with van der Waals surface area (Å²) in [7, 11) is 0. The fourth-order valence-electron chi connectivity index (χ4n) is 2.53. The molecule has 28 heavy (non-hydrogen) atoms. The van der Waals surface area contributed by atoms with Crippen LogP contribution in [0.1, 0.15) is 12.5 Å². The lowest BCUT2D eigenvalue weighted by atomic mass is 10.2. The maximum absolute atomic E-state index is 13.3. The Morgan fingerprint density at radius 1 is 1.21 bits per heavy atom. The van der Waals surface area contributed by atoms with Crippen LogP contribution in [0.4, 0.5) is 14.9 Å². The van der Waals surface area contributed by atoms with Crippen molar-refractivity contribution in [1.82, 2.24) is 4.90 Å². The summed E-state index contributed by atoms with van der Waals surface area (Å²) in [5, 5.41) is 2.09. The van der Waals surface area contributed by atoms with Gasteiger partial charge in [-0.15, -0.1) is 0 Å². The molecule has 1 aliphatic rings. The fraction of sp³-hybridized carbons (Fsp3) is 0.150. The van der Waals surface area contributed by atoms with E-state index in [2.05, 4.69) is 5.32 Å². The lowest BCUT2D eigenvalue weighted by Gasteiger charge is -2.12. The average molecular weight is 400 g/mol. The van der Waals surface area contributed by atoms with Gasteiger partial charge in [-0.25, -0.2) is 4.39 Å². The highest BCUT2D eigenvalue weighted by atomic mass is 32.2. The van der Waals surface area contributed by atoms with Crippen molar-refractivity contribution in [3.05, 3.63) is 64.8 Å². The topological polar surface area (TPSA) is 75.7 Å². The van der Waals surface area contributed by atoms with E-state index in [1.807, 2.05) is 6.92 Å². The van der Waals surface area contributed by atoms with Crippen molar-refractivity contribution in [2.45, 2.75) is 6.92 Å². The standard InChI is InChI=1S/C20H17FN2O4S/c1-2-27-16-8-6-15(7-9-16)22-18(24)12-23-19(25)17(28-20(23)26)11-13-4-3-5-14(21)10-13/h3-11H,2,12H2,1H3,(H,22,24)/b17-11+. The molecular formula is C20H17FN2O4S. The number of carbonyl (C=O) groups is 3. The molecule has 6 nitrogen and oxygen atoms in total. The Bertz CT molecular complexity index is 943. The highest BCUT2D eigenvalue weighted by molar-refractivity contribution is 8.18. The smallest absolute Gasteiger partial charge is 0.294 e. The number of amides is 3. The molecule has 0 unspecified atom stereocenters. The molecule has 1 heterocycles. The van der Waals surface area contributed by atoms with E-state index in [1.165, 1.54) is 24.3 Å². The van der Waals surface area contributed by atoms with Crippen molar-refractivity contribution >= 4 is 40.6 Å². The van der Waals surface area contributed by atoms with Crippen molar-refractivity contribution in [2.24, 2.45) is 0 Å². The number of nitrogens with zero attached hydrogens (tertiary/aromatic N) is 1. The molecule has 144 valence electrons. The molecule has 0 radical (unpaired) electrons. The Morgan fingerprint density at radius 3 is 2.64 bits per heavy atom. The number of nitrogens with one attached hydrogen (secondary N) is 1. The van der Waals surface area contributed by atoms with Gasteiger partial charge >= 0.3 is 0 Å². The van der Waals surface area contributed by atoms with Gasteiger partial charge in [-0.1, -0.05) is 12.1 Å². The van der Waals surface area contributed by atoms with Gasteiger partial charge in [-0.2, -0.15) is 0 Å². The highest BCUT2D eigenvalue weighted by Crippen LogP contribution is 2.32. The predicted molar refractivity (Wildman–Crippen MR) is 105 cm³/mol. The van der Waals surface area contributed by atoms with Gasteiger partial charge in [0.15, 0.2) is 0 Å². The molecule has 0 aliphatic carbocycles. The zero-order valence-electron chi connectivity index (χ0n) is 15.0. The van der Waals surface area contributed by atoms with E-state index in [1.54, 1.807) is 30.3 Å². The minimum Gasteiger partial charge on any atom is -0.494 e. The molecule has 0 bridgehead atoms. The van der Waals surface area contributed by atoms with Gasteiger partial charge < -0.3 is 10.1 Å². The second kappa shape index (κ2) is 8.71. The van der Waals surface area contributed by atoms with E-state index in [9.17, 15) is 18.8 Å². The first kappa shape index (κ1) is 19.6. The van der Waals surface area contributed by atoms with E-state index in [-0.39, 0.29) is 4.91 Å². The number of benzene rings is 2. The first-order valence-electron chi connectivity index (χ1n) is 8.50. The molecule has 0 aromatic heterocycles. The summed E-state index contributed by atoms with van der Waals surface area (Å²) in [5.41, 5.74) is 0.986. The molecule has 2 aromatic rings. The van der Waals surface area contributed by atoms with E-state index < -0.39 is 29.4 Å². The maximum Gasteiger partial charge on any atom is 0.294 e. The first-order valence-corrected chi connectivity index (χ1v) is 9.31. The van der Waals surface area contributed by atoms with Crippen LogP contribution in [0.15, 0.2) is 53.4 Å². The van der Waals surface area contributed by atoms with Gasteiger partial charge in [0.2, 0.25) is 5.91 Å². The van der Waals surface area contributed by atoms with Crippen molar-refractivity contribution in [1.29, 1.82) is 0 Å². The Kier molecular flexibility index (Phi) is 6.10. The van der Waals surface area contributed by atoms with Gasteiger partial charge in [0, 0.05) is 5.69 Å². The second-order valence-corrected chi connectivity index (χ2v) is 6.82. The molecule has 1 aliphatic heterocycles. The maximum atomic E-state index is 13.3. The van der Waals surface area contributed by atoms with E-state index in [0.717, 1.165) is 16.7 Å².